The van der Waals surface area contributed by atoms with Crippen LogP contribution in [0.1, 0.15) is 1.37 Å². The van der Waals surface area contributed by atoms with E-state index >= 15 is 0 Å². The maximum Gasteiger partial charge on any atom is 0.310 e. The van der Waals surface area contributed by atoms with Crippen molar-refractivity contribution < 1.29 is 6.17 Å². The van der Waals surface area contributed by atoms with Gasteiger partial charge < -0.3 is 0 Å². The van der Waals surface area contributed by atoms with Crippen molar-refractivity contribution in [2.45, 2.75) is 0 Å². The summed E-state index contributed by atoms with van der Waals surface area (Å²) >= 11 is 0. The maximum absolute atomic E-state index is 10.00. The van der Waals surface area contributed by atoms with Crippen molar-refractivity contribution >= 4 is 12.1 Å². The highest BCUT2D eigenvalue weighted by Crippen LogP contribution is 1.83. The quantitative estimate of drug-likeness (QED) is 0.406. The Morgan fingerprint density at radius 1 is 2.00 bits per heavy atom. The first kappa shape index (κ1) is 2.17. The van der Waals surface area contributed by atoms with E-state index in [9.17, 15) is 4.79 Å². The van der Waals surface area contributed by atoms with Crippen LogP contribution >= 0.6 is 0 Å². The van der Waals surface area contributed by atoms with Gasteiger partial charge in [0.2, 0.25) is 0 Å². The second-order valence-corrected chi connectivity index (χ2v) is 0.706. The second kappa shape index (κ2) is 0.965. The van der Waals surface area contributed by atoms with Gasteiger partial charge in [0, 0.05) is 0 Å². The molecule has 0 aliphatic carbocycles. The number of carbonyl (C=O) groups excluding carboxylic acids is 1. The molecule has 1 rings (SSSR count). The minimum absolute atomic E-state index is 0.389. The molecule has 0 atom stereocenters. The van der Waals surface area contributed by atoms with Crippen LogP contribution in [-0.2, 0) is 4.79 Å². The zero-order chi connectivity index (χ0) is 5.28. The highest BCUT2D eigenvalue weighted by Gasteiger charge is 1.94. The van der Waals surface area contributed by atoms with Gasteiger partial charge in [-0.3, -0.25) is 4.79 Å². The lowest BCUT2D eigenvalue weighted by atomic mass is 10.7. The summed E-state index contributed by atoms with van der Waals surface area (Å²) in [7, 11) is 0. The van der Waals surface area contributed by atoms with E-state index in [4.69, 9.17) is 1.37 Å². The Morgan fingerprint density at radius 3 is 3.00 bits per heavy atom. The molecule has 4 heteroatoms. The normalized spacial score (nSPS) is 21.0. The zero-order valence-corrected chi connectivity index (χ0v) is 2.75. The Balaban J connectivity index is 2.89. The largest absolute Gasteiger partial charge is 0.310 e. The second-order valence-electron chi connectivity index (χ2n) is 0.706. The SMILES string of the molecule is [2H]C1=NN=NC1=O. The van der Waals surface area contributed by atoms with Gasteiger partial charge in [-0.15, -0.1) is 5.10 Å². The fourth-order valence-electron chi connectivity index (χ4n) is 0.150. The van der Waals surface area contributed by atoms with Crippen LogP contribution in [0.15, 0.2) is 15.4 Å². The van der Waals surface area contributed by atoms with Crippen LogP contribution in [0.4, 0.5) is 0 Å². The summed E-state index contributed by atoms with van der Waals surface area (Å²) in [6.07, 6.45) is -0.389. The van der Waals surface area contributed by atoms with E-state index in [1.54, 1.807) is 0 Å². The summed E-state index contributed by atoms with van der Waals surface area (Å²) in [5.41, 5.74) is 0. The highest BCUT2D eigenvalue weighted by molar-refractivity contribution is 6.27. The first-order valence-electron chi connectivity index (χ1n) is 1.80. The summed E-state index contributed by atoms with van der Waals surface area (Å²) in [6.45, 7) is 0. The van der Waals surface area contributed by atoms with Crippen LogP contribution in [-0.4, -0.2) is 12.1 Å². The third-order valence-corrected chi connectivity index (χ3v) is 0.326. The van der Waals surface area contributed by atoms with E-state index in [1.807, 2.05) is 0 Å². The molecule has 6 heavy (non-hydrogen) atoms. The molecule has 0 fully saturated rings. The Hall–Kier alpha value is -1.06. The summed E-state index contributed by atoms with van der Waals surface area (Å²) in [4.78, 5) is 10.00. The molecule has 0 saturated heterocycles. The fraction of sp³-hybridized carbons (Fsp3) is 0. The molecule has 0 aromatic heterocycles. The van der Waals surface area contributed by atoms with Crippen LogP contribution < -0.4 is 0 Å². The van der Waals surface area contributed by atoms with Crippen LogP contribution in [0.3, 0.4) is 0 Å². The van der Waals surface area contributed by atoms with E-state index in [1.165, 1.54) is 0 Å². The molecule has 0 bridgehead atoms. The first-order valence-corrected chi connectivity index (χ1v) is 1.30. The van der Waals surface area contributed by atoms with Gasteiger partial charge in [0.05, 0.1) is 1.37 Å². The van der Waals surface area contributed by atoms with Crippen molar-refractivity contribution in [1.82, 2.24) is 0 Å². The van der Waals surface area contributed by atoms with Gasteiger partial charge >= 0.3 is 5.91 Å². The van der Waals surface area contributed by atoms with E-state index in [-0.39, 0.29) is 6.19 Å². The molecule has 0 radical (unpaired) electrons. The molecule has 30 valence electrons. The van der Waals surface area contributed by atoms with Gasteiger partial charge in [-0.2, -0.15) is 0 Å². The topological polar surface area (TPSA) is 54.1 Å². The minimum Gasteiger partial charge on any atom is -0.264 e. The molecular weight excluding hydrogens is 82.0 g/mol. The molecular formula is C2HN3O. The summed E-state index contributed by atoms with van der Waals surface area (Å²) in [5.74, 6) is -0.667. The Labute approximate surface area is 35.0 Å². The van der Waals surface area contributed by atoms with Crippen molar-refractivity contribution in [3.63, 3.8) is 0 Å². The smallest absolute Gasteiger partial charge is 0.264 e. The molecule has 1 aliphatic heterocycles. The molecule has 0 aromatic rings. The number of carbonyl (C=O) groups is 1. The van der Waals surface area contributed by atoms with Crippen molar-refractivity contribution in [2.75, 3.05) is 0 Å². The fourth-order valence-corrected chi connectivity index (χ4v) is 0.150. The molecule has 0 unspecified atom stereocenters. The molecule has 0 spiro atoms. The molecule has 1 amide bonds. The van der Waals surface area contributed by atoms with Gasteiger partial charge in [-0.1, -0.05) is 5.11 Å². The number of hydrogen-bond acceptors (Lipinski definition) is 3. The lowest BCUT2D eigenvalue weighted by molar-refractivity contribution is -0.111. The van der Waals surface area contributed by atoms with Crippen molar-refractivity contribution in [2.24, 2.45) is 15.4 Å². The molecule has 1 heterocycles. The van der Waals surface area contributed by atoms with Gasteiger partial charge in [-0.05, 0) is 5.22 Å². The Bertz CT molecular complexity index is 160. The average Bonchev–Trinajstić information content (AvgIpc) is 1.91. The number of amides is 1. The standard InChI is InChI=1S/C2HN3O/c6-2-1-3-5-4-2/h1H/i1D. The first-order chi connectivity index (χ1) is 3.30. The number of rotatable bonds is 0. The van der Waals surface area contributed by atoms with Gasteiger partial charge in [0.25, 0.3) is 0 Å². The average molecular weight is 84.1 g/mol. The molecule has 4 nitrogen and oxygen atoms in total. The Morgan fingerprint density at radius 2 is 2.83 bits per heavy atom. The van der Waals surface area contributed by atoms with Crippen LogP contribution in [0.25, 0.3) is 0 Å². The van der Waals surface area contributed by atoms with Gasteiger partial charge in [0.15, 0.2) is 0 Å². The van der Waals surface area contributed by atoms with E-state index in [0.717, 1.165) is 0 Å². The van der Waals surface area contributed by atoms with Crippen molar-refractivity contribution in [3.8, 4) is 0 Å². The zero-order valence-electron chi connectivity index (χ0n) is 3.75. The van der Waals surface area contributed by atoms with E-state index < -0.39 is 5.91 Å². The molecule has 0 aromatic carbocycles. The summed E-state index contributed by atoms with van der Waals surface area (Å²) in [6, 6.07) is 0. The summed E-state index contributed by atoms with van der Waals surface area (Å²) < 4.78 is 6.55. The third-order valence-electron chi connectivity index (χ3n) is 0.326. The molecule has 0 N–H and O–H groups in total. The lowest BCUT2D eigenvalue weighted by Crippen LogP contribution is -1.84. The monoisotopic (exact) mass is 84.0 g/mol. The predicted octanol–water partition coefficient (Wildman–Crippen LogP) is -0.0354. The third kappa shape index (κ3) is 0.314. The van der Waals surface area contributed by atoms with Crippen molar-refractivity contribution in [1.29, 1.82) is 0 Å². The molecule has 1 aliphatic rings. The highest BCUT2D eigenvalue weighted by atomic mass is 16.2. The van der Waals surface area contributed by atoms with Gasteiger partial charge in [0.1, 0.15) is 6.19 Å². The van der Waals surface area contributed by atoms with E-state index in [2.05, 4.69) is 15.4 Å². The molecule has 0 saturated carbocycles. The minimum atomic E-state index is -0.667. The van der Waals surface area contributed by atoms with Gasteiger partial charge in [-0.25, -0.2) is 0 Å². The van der Waals surface area contributed by atoms with Crippen LogP contribution in [0, 0.1) is 0 Å². The predicted molar refractivity (Wildman–Crippen MR) is 18.4 cm³/mol. The summed E-state index contributed by atoms with van der Waals surface area (Å²) in [5, 5.41) is 8.84. The van der Waals surface area contributed by atoms with Crippen LogP contribution in [0.2, 0.25) is 0 Å². The number of hydrogen-bond donors (Lipinski definition) is 0. The Kier molecular flexibility index (Phi) is 0.350. The van der Waals surface area contributed by atoms with Crippen LogP contribution in [0.5, 0.6) is 0 Å². The van der Waals surface area contributed by atoms with Crippen molar-refractivity contribution in [3.05, 3.63) is 0 Å². The lowest BCUT2D eigenvalue weighted by Gasteiger charge is -1.55. The maximum atomic E-state index is 10.00. The van der Waals surface area contributed by atoms with E-state index in [0.29, 0.717) is 0 Å². The number of nitrogens with zero attached hydrogens (tertiary/aromatic N) is 3.